The number of phenolic OH excluding ortho intramolecular Hbond substituents is 1. The van der Waals surface area contributed by atoms with Gasteiger partial charge in [-0.1, -0.05) is 40.8 Å². The number of hydrogen-bond donors (Lipinski definition) is 1. The highest BCUT2D eigenvalue weighted by Crippen LogP contribution is 2.26. The van der Waals surface area contributed by atoms with Crippen LogP contribution in [-0.2, 0) is 0 Å². The molecule has 14 heavy (non-hydrogen) atoms. The number of benzene rings is 1. The van der Waals surface area contributed by atoms with Crippen LogP contribution in [0.4, 0.5) is 0 Å². The molecule has 0 aliphatic carbocycles. The molecule has 0 aliphatic rings. The third-order valence-corrected chi connectivity index (χ3v) is 2.17. The number of allylic oxidation sites excluding steroid dienone is 1. The Balaban J connectivity index is 2.89. The van der Waals surface area contributed by atoms with Crippen molar-refractivity contribution < 1.29 is 9.84 Å². The first-order chi connectivity index (χ1) is 6.63. The van der Waals surface area contributed by atoms with E-state index < -0.39 is 0 Å². The molecule has 0 heterocycles. The fraction of sp³-hybridized carbons (Fsp3) is 0.273. The molecule has 0 amide bonds. The van der Waals surface area contributed by atoms with Gasteiger partial charge in [0, 0.05) is 3.92 Å². The Morgan fingerprint density at radius 3 is 2.79 bits per heavy atom. The molecule has 1 aromatic rings. The van der Waals surface area contributed by atoms with Crippen LogP contribution in [0.15, 0.2) is 24.3 Å². The lowest BCUT2D eigenvalue weighted by molar-refractivity contribution is 0.373. The quantitative estimate of drug-likeness (QED) is 0.686. The average molecular weight is 304 g/mol. The molecule has 0 aliphatic heterocycles. The molecular formula is C11H13IO2. The SMILES string of the molecule is COc1cc(/C=C/C(C)I)ccc1O. The molecule has 1 rings (SSSR count). The van der Waals surface area contributed by atoms with E-state index in [2.05, 4.69) is 35.6 Å². The smallest absolute Gasteiger partial charge is 0.161 e. The first-order valence-corrected chi connectivity index (χ1v) is 5.57. The Hall–Kier alpha value is -0.710. The molecule has 2 nitrogen and oxygen atoms in total. The summed E-state index contributed by atoms with van der Waals surface area (Å²) in [6.07, 6.45) is 4.10. The molecule has 3 heteroatoms. The van der Waals surface area contributed by atoms with Crippen LogP contribution in [0.1, 0.15) is 12.5 Å². The van der Waals surface area contributed by atoms with E-state index in [9.17, 15) is 5.11 Å². The van der Waals surface area contributed by atoms with Crippen molar-refractivity contribution in [2.45, 2.75) is 10.8 Å². The van der Waals surface area contributed by atoms with Gasteiger partial charge in [-0.05, 0) is 24.6 Å². The highest BCUT2D eigenvalue weighted by atomic mass is 127. The van der Waals surface area contributed by atoms with E-state index in [1.165, 1.54) is 0 Å². The molecule has 0 saturated carbocycles. The minimum atomic E-state index is 0.173. The van der Waals surface area contributed by atoms with E-state index >= 15 is 0 Å². The standard InChI is InChI=1S/C11H13IO2/c1-8(12)3-4-9-5-6-10(13)11(7-9)14-2/h3-8,13H,1-2H3/b4-3+. The van der Waals surface area contributed by atoms with Crippen LogP contribution in [0.5, 0.6) is 11.5 Å². The lowest BCUT2D eigenvalue weighted by Crippen LogP contribution is -1.85. The summed E-state index contributed by atoms with van der Waals surface area (Å²) in [7, 11) is 1.55. The monoisotopic (exact) mass is 304 g/mol. The van der Waals surface area contributed by atoms with Crippen molar-refractivity contribution in [2.24, 2.45) is 0 Å². The molecule has 0 radical (unpaired) electrons. The Labute approximate surface area is 97.7 Å². The van der Waals surface area contributed by atoms with Gasteiger partial charge in [0.15, 0.2) is 11.5 Å². The predicted molar refractivity (Wildman–Crippen MR) is 67.2 cm³/mol. The highest BCUT2D eigenvalue weighted by Gasteiger charge is 2.00. The van der Waals surface area contributed by atoms with E-state index in [4.69, 9.17) is 4.74 Å². The van der Waals surface area contributed by atoms with Gasteiger partial charge >= 0.3 is 0 Å². The molecule has 1 atom stereocenters. The van der Waals surface area contributed by atoms with Crippen LogP contribution in [0.3, 0.4) is 0 Å². The van der Waals surface area contributed by atoms with E-state index in [1.807, 2.05) is 18.2 Å². The van der Waals surface area contributed by atoms with Gasteiger partial charge in [0.05, 0.1) is 7.11 Å². The summed E-state index contributed by atoms with van der Waals surface area (Å²) >= 11 is 2.33. The van der Waals surface area contributed by atoms with Gasteiger partial charge in [0.1, 0.15) is 0 Å². The van der Waals surface area contributed by atoms with Crippen LogP contribution in [-0.4, -0.2) is 16.1 Å². The third-order valence-electron chi connectivity index (χ3n) is 1.76. The summed E-state index contributed by atoms with van der Waals surface area (Å²) < 4.78 is 5.50. The Bertz CT molecular complexity index is 332. The molecule has 0 spiro atoms. The number of halogens is 1. The zero-order valence-corrected chi connectivity index (χ0v) is 10.4. The molecule has 1 unspecified atom stereocenters. The van der Waals surface area contributed by atoms with Crippen molar-refractivity contribution >= 4 is 28.7 Å². The number of aromatic hydroxyl groups is 1. The molecule has 0 bridgehead atoms. The number of phenols is 1. The van der Waals surface area contributed by atoms with E-state index in [-0.39, 0.29) is 5.75 Å². The molecule has 1 aromatic carbocycles. The third kappa shape index (κ3) is 3.21. The normalized spacial score (nSPS) is 13.1. The van der Waals surface area contributed by atoms with Gasteiger partial charge in [-0.15, -0.1) is 0 Å². The minimum Gasteiger partial charge on any atom is -0.504 e. The lowest BCUT2D eigenvalue weighted by atomic mass is 10.2. The Kier molecular flexibility index (Phi) is 4.25. The second-order valence-corrected chi connectivity index (χ2v) is 4.93. The fourth-order valence-corrected chi connectivity index (χ4v) is 1.25. The van der Waals surface area contributed by atoms with E-state index in [1.54, 1.807) is 13.2 Å². The Morgan fingerprint density at radius 1 is 1.50 bits per heavy atom. The number of alkyl halides is 1. The summed E-state index contributed by atoms with van der Waals surface area (Å²) in [4.78, 5) is 0. The maximum atomic E-state index is 9.36. The summed E-state index contributed by atoms with van der Waals surface area (Å²) in [6.45, 7) is 2.11. The van der Waals surface area contributed by atoms with Gasteiger partial charge in [0.2, 0.25) is 0 Å². The summed E-state index contributed by atoms with van der Waals surface area (Å²) in [5.74, 6) is 0.681. The number of ether oxygens (including phenoxy) is 1. The van der Waals surface area contributed by atoms with Gasteiger partial charge in [0.25, 0.3) is 0 Å². The molecule has 0 fully saturated rings. The van der Waals surface area contributed by atoms with E-state index in [0.717, 1.165) is 5.56 Å². The zero-order chi connectivity index (χ0) is 10.6. The van der Waals surface area contributed by atoms with Crippen molar-refractivity contribution in [2.75, 3.05) is 7.11 Å². The molecule has 1 N–H and O–H groups in total. The van der Waals surface area contributed by atoms with Crippen molar-refractivity contribution in [1.82, 2.24) is 0 Å². The molecule has 0 aromatic heterocycles. The van der Waals surface area contributed by atoms with Crippen LogP contribution in [0, 0.1) is 0 Å². The van der Waals surface area contributed by atoms with Crippen molar-refractivity contribution in [3.8, 4) is 11.5 Å². The van der Waals surface area contributed by atoms with Gasteiger partial charge in [-0.2, -0.15) is 0 Å². The van der Waals surface area contributed by atoms with Crippen LogP contribution in [0.25, 0.3) is 6.08 Å². The number of methoxy groups -OCH3 is 1. The average Bonchev–Trinajstić information content (AvgIpc) is 2.16. The minimum absolute atomic E-state index is 0.173. The summed E-state index contributed by atoms with van der Waals surface area (Å²) in [5, 5.41) is 9.36. The van der Waals surface area contributed by atoms with E-state index in [0.29, 0.717) is 9.67 Å². The van der Waals surface area contributed by atoms with Crippen LogP contribution >= 0.6 is 22.6 Å². The highest BCUT2D eigenvalue weighted by molar-refractivity contribution is 14.1. The largest absolute Gasteiger partial charge is 0.504 e. The second-order valence-electron chi connectivity index (χ2n) is 2.97. The van der Waals surface area contributed by atoms with Gasteiger partial charge < -0.3 is 9.84 Å². The predicted octanol–water partition coefficient (Wildman–Crippen LogP) is 3.24. The fourth-order valence-electron chi connectivity index (χ4n) is 1.04. The molecule has 0 saturated heterocycles. The first kappa shape index (κ1) is 11.4. The number of hydrogen-bond acceptors (Lipinski definition) is 2. The number of rotatable bonds is 3. The van der Waals surface area contributed by atoms with Gasteiger partial charge in [-0.3, -0.25) is 0 Å². The summed E-state index contributed by atoms with van der Waals surface area (Å²) in [5.41, 5.74) is 1.03. The van der Waals surface area contributed by atoms with Crippen LogP contribution in [0.2, 0.25) is 0 Å². The Morgan fingerprint density at radius 2 is 2.21 bits per heavy atom. The van der Waals surface area contributed by atoms with Crippen molar-refractivity contribution in [3.63, 3.8) is 0 Å². The second kappa shape index (κ2) is 5.24. The maximum absolute atomic E-state index is 9.36. The molecule has 76 valence electrons. The lowest BCUT2D eigenvalue weighted by Gasteiger charge is -2.03. The van der Waals surface area contributed by atoms with Crippen molar-refractivity contribution in [1.29, 1.82) is 0 Å². The van der Waals surface area contributed by atoms with Crippen molar-refractivity contribution in [3.05, 3.63) is 29.8 Å². The maximum Gasteiger partial charge on any atom is 0.161 e. The molecular weight excluding hydrogens is 291 g/mol. The topological polar surface area (TPSA) is 29.5 Å². The van der Waals surface area contributed by atoms with Gasteiger partial charge in [-0.25, -0.2) is 0 Å². The summed E-state index contributed by atoms with van der Waals surface area (Å²) in [6, 6.07) is 5.30. The van der Waals surface area contributed by atoms with Crippen LogP contribution < -0.4 is 4.74 Å². The first-order valence-electron chi connectivity index (χ1n) is 4.32. The zero-order valence-electron chi connectivity index (χ0n) is 8.20.